The molecule has 3 aliphatic heterocycles. The highest BCUT2D eigenvalue weighted by Crippen LogP contribution is 2.31. The first-order valence-corrected chi connectivity index (χ1v) is 12.4. The molecule has 6 rings (SSSR count). The number of fused-ring (bicyclic) bond motifs is 2. The first-order chi connectivity index (χ1) is 18.0. The number of ether oxygens (including phenoxy) is 2. The molecule has 10 heteroatoms. The number of piperidine rings is 1. The van der Waals surface area contributed by atoms with E-state index < -0.39 is 11.9 Å². The largest absolute Gasteiger partial charge is 0.497 e. The second-order valence-electron chi connectivity index (χ2n) is 9.74. The molecule has 2 saturated heterocycles. The van der Waals surface area contributed by atoms with E-state index in [4.69, 9.17) is 9.47 Å². The van der Waals surface area contributed by atoms with E-state index in [9.17, 15) is 14.4 Å². The zero-order valence-electron chi connectivity index (χ0n) is 20.5. The molecule has 2 atom stereocenters. The molecule has 0 radical (unpaired) electrons. The molecular formula is C27H27N5O5. The van der Waals surface area contributed by atoms with E-state index in [1.54, 1.807) is 18.1 Å². The average Bonchev–Trinajstić information content (AvgIpc) is 3.47. The van der Waals surface area contributed by atoms with Crippen molar-refractivity contribution in [2.45, 2.75) is 44.5 Å². The lowest BCUT2D eigenvalue weighted by Crippen LogP contribution is -2.52. The number of likely N-dealkylation sites (tertiary alicyclic amines) is 1. The normalized spacial score (nSPS) is 21.9. The Morgan fingerprint density at radius 2 is 1.89 bits per heavy atom. The summed E-state index contributed by atoms with van der Waals surface area (Å²) >= 11 is 0. The van der Waals surface area contributed by atoms with E-state index in [2.05, 4.69) is 26.5 Å². The summed E-state index contributed by atoms with van der Waals surface area (Å²) in [4.78, 5) is 40.5. The van der Waals surface area contributed by atoms with Crippen LogP contribution in [0.15, 0.2) is 42.5 Å². The monoisotopic (exact) mass is 501 g/mol. The van der Waals surface area contributed by atoms with Gasteiger partial charge in [-0.2, -0.15) is 10.2 Å². The molecule has 0 bridgehead atoms. The van der Waals surface area contributed by atoms with Crippen molar-refractivity contribution in [1.82, 2.24) is 25.3 Å². The molecule has 2 fully saturated rings. The van der Waals surface area contributed by atoms with E-state index in [0.29, 0.717) is 30.8 Å². The predicted octanol–water partition coefficient (Wildman–Crippen LogP) is 2.05. The van der Waals surface area contributed by atoms with Crippen molar-refractivity contribution in [1.29, 1.82) is 0 Å². The smallest absolute Gasteiger partial charge is 0.255 e. The minimum absolute atomic E-state index is 0.0269. The van der Waals surface area contributed by atoms with Gasteiger partial charge in [0.15, 0.2) is 0 Å². The van der Waals surface area contributed by atoms with Gasteiger partial charge in [-0.3, -0.25) is 24.6 Å². The number of methoxy groups -OCH3 is 1. The van der Waals surface area contributed by atoms with Crippen LogP contribution in [0.25, 0.3) is 10.9 Å². The first-order valence-electron chi connectivity index (χ1n) is 12.4. The van der Waals surface area contributed by atoms with Crippen molar-refractivity contribution in [2.75, 3.05) is 20.2 Å². The van der Waals surface area contributed by atoms with Gasteiger partial charge in [-0.05, 0) is 54.8 Å². The highest BCUT2D eigenvalue weighted by molar-refractivity contribution is 6.05. The van der Waals surface area contributed by atoms with Gasteiger partial charge in [-0.25, -0.2) is 0 Å². The highest BCUT2D eigenvalue weighted by Gasteiger charge is 2.39. The second kappa shape index (κ2) is 9.44. The van der Waals surface area contributed by atoms with Crippen molar-refractivity contribution in [3.05, 3.63) is 59.3 Å². The number of nitrogens with one attached hydrogen (secondary N) is 1. The number of nitrogens with zero attached hydrogens (tertiary/aromatic N) is 4. The van der Waals surface area contributed by atoms with Gasteiger partial charge < -0.3 is 14.4 Å². The number of hydrogen-bond donors (Lipinski definition) is 1. The zero-order valence-corrected chi connectivity index (χ0v) is 20.5. The van der Waals surface area contributed by atoms with Crippen LogP contribution >= 0.6 is 0 Å². The van der Waals surface area contributed by atoms with Crippen LogP contribution < -0.4 is 14.8 Å². The maximum atomic E-state index is 12.9. The van der Waals surface area contributed by atoms with E-state index in [0.717, 1.165) is 47.4 Å². The fraction of sp³-hybridized carbons (Fsp3) is 0.370. The minimum atomic E-state index is -0.620. The van der Waals surface area contributed by atoms with Crippen LogP contribution in [-0.4, -0.2) is 70.1 Å². The van der Waals surface area contributed by atoms with Crippen molar-refractivity contribution < 1.29 is 23.9 Å². The van der Waals surface area contributed by atoms with E-state index in [1.165, 1.54) is 0 Å². The first kappa shape index (κ1) is 23.4. The minimum Gasteiger partial charge on any atom is -0.497 e. The summed E-state index contributed by atoms with van der Waals surface area (Å²) in [6.45, 7) is 2.68. The Kier molecular flexibility index (Phi) is 5.96. The summed E-state index contributed by atoms with van der Waals surface area (Å²) in [5, 5.41) is 12.1. The molecule has 1 N–H and O–H groups in total. The second-order valence-corrected chi connectivity index (χ2v) is 9.74. The summed E-state index contributed by atoms with van der Waals surface area (Å²) in [5.74, 6) is 0.588. The lowest BCUT2D eigenvalue weighted by atomic mass is 10.0. The van der Waals surface area contributed by atoms with Crippen LogP contribution in [0.2, 0.25) is 0 Å². The molecule has 3 aliphatic rings. The van der Waals surface area contributed by atoms with Gasteiger partial charge in [0.2, 0.25) is 11.8 Å². The quantitative estimate of drug-likeness (QED) is 0.511. The Labute approximate surface area is 213 Å². The summed E-state index contributed by atoms with van der Waals surface area (Å²) in [6.07, 6.45) is 1.50. The summed E-state index contributed by atoms with van der Waals surface area (Å²) in [5.41, 5.74) is 3.13. The Morgan fingerprint density at radius 1 is 1.03 bits per heavy atom. The average molecular weight is 502 g/mol. The summed E-state index contributed by atoms with van der Waals surface area (Å²) in [7, 11) is 1.63. The SMILES string of the molecule is COc1ccc2cc(CN3CC[C@H](Oc4ccc5c(c4)CN(C4CCC(=O)NC4=O)C5=O)C3)nnc2c1. The van der Waals surface area contributed by atoms with Gasteiger partial charge in [-0.1, -0.05) is 0 Å². The third-order valence-electron chi connectivity index (χ3n) is 7.26. The van der Waals surface area contributed by atoms with E-state index >= 15 is 0 Å². The molecule has 2 aromatic carbocycles. The number of hydrogen-bond acceptors (Lipinski definition) is 8. The molecule has 0 saturated carbocycles. The molecule has 4 heterocycles. The molecular weight excluding hydrogens is 474 g/mol. The van der Waals surface area contributed by atoms with Gasteiger partial charge in [0.1, 0.15) is 23.6 Å². The maximum Gasteiger partial charge on any atom is 0.255 e. The zero-order chi connectivity index (χ0) is 25.5. The number of aromatic nitrogens is 2. The van der Waals surface area contributed by atoms with Crippen LogP contribution in [0.5, 0.6) is 11.5 Å². The van der Waals surface area contributed by atoms with Crippen LogP contribution in [-0.2, 0) is 22.7 Å². The standard InChI is InChI=1S/C27H27N5O5/c1-36-19-3-2-16-10-18(29-30-23(16)12-19)14-31-9-8-21(15-31)37-20-4-5-22-17(11-20)13-32(27(22)35)24-6-7-25(33)28-26(24)34/h2-5,10-12,21,24H,6-9,13-15H2,1H3,(H,28,33,34)/t21-,24?/m0/s1. The van der Waals surface area contributed by atoms with Crippen LogP contribution in [0.4, 0.5) is 0 Å². The van der Waals surface area contributed by atoms with Crippen molar-refractivity contribution in [2.24, 2.45) is 0 Å². The molecule has 3 aromatic rings. The van der Waals surface area contributed by atoms with Gasteiger partial charge in [0, 0.05) is 49.6 Å². The molecule has 0 aliphatic carbocycles. The Hall–Kier alpha value is -4.05. The number of benzene rings is 2. The molecule has 190 valence electrons. The predicted molar refractivity (Wildman–Crippen MR) is 133 cm³/mol. The molecule has 0 spiro atoms. The Balaban J connectivity index is 1.07. The van der Waals surface area contributed by atoms with Crippen molar-refractivity contribution >= 4 is 28.6 Å². The number of carbonyl (C=O) groups is 3. The van der Waals surface area contributed by atoms with Crippen molar-refractivity contribution in [3.63, 3.8) is 0 Å². The number of carbonyl (C=O) groups excluding carboxylic acids is 3. The van der Waals surface area contributed by atoms with Gasteiger partial charge in [0.25, 0.3) is 5.91 Å². The summed E-state index contributed by atoms with van der Waals surface area (Å²) in [6, 6.07) is 12.7. The Morgan fingerprint density at radius 3 is 2.73 bits per heavy atom. The fourth-order valence-electron chi connectivity index (χ4n) is 5.35. The maximum absolute atomic E-state index is 12.9. The molecule has 3 amide bonds. The number of imide groups is 1. The number of rotatable bonds is 6. The van der Waals surface area contributed by atoms with Gasteiger partial charge >= 0.3 is 0 Å². The van der Waals surface area contributed by atoms with Crippen LogP contribution in [0, 0.1) is 0 Å². The van der Waals surface area contributed by atoms with Gasteiger partial charge in [-0.15, -0.1) is 0 Å². The lowest BCUT2D eigenvalue weighted by Gasteiger charge is -2.29. The summed E-state index contributed by atoms with van der Waals surface area (Å²) < 4.78 is 11.5. The van der Waals surface area contributed by atoms with Crippen LogP contribution in [0.1, 0.15) is 40.9 Å². The van der Waals surface area contributed by atoms with E-state index in [1.807, 2.05) is 30.3 Å². The topological polar surface area (TPSA) is 114 Å². The third-order valence-corrected chi connectivity index (χ3v) is 7.26. The molecule has 37 heavy (non-hydrogen) atoms. The fourth-order valence-corrected chi connectivity index (χ4v) is 5.35. The van der Waals surface area contributed by atoms with Crippen molar-refractivity contribution in [3.8, 4) is 11.5 Å². The van der Waals surface area contributed by atoms with Crippen LogP contribution in [0.3, 0.4) is 0 Å². The van der Waals surface area contributed by atoms with E-state index in [-0.39, 0.29) is 24.3 Å². The highest BCUT2D eigenvalue weighted by atomic mass is 16.5. The lowest BCUT2D eigenvalue weighted by molar-refractivity contribution is -0.136. The molecule has 1 unspecified atom stereocenters. The molecule has 1 aromatic heterocycles. The Bertz CT molecular complexity index is 1410. The third kappa shape index (κ3) is 4.60. The number of amides is 3. The molecule has 10 nitrogen and oxygen atoms in total. The van der Waals surface area contributed by atoms with Gasteiger partial charge in [0.05, 0.1) is 18.3 Å².